The molecule has 1 aliphatic rings. The average molecular weight is 318 g/mol. The van der Waals surface area contributed by atoms with E-state index < -0.39 is 23.6 Å². The lowest BCUT2D eigenvalue weighted by molar-refractivity contribution is -0.138. The third kappa shape index (κ3) is 5.10. The van der Waals surface area contributed by atoms with Gasteiger partial charge in [0.25, 0.3) is 5.91 Å². The van der Waals surface area contributed by atoms with Crippen molar-refractivity contribution in [3.63, 3.8) is 0 Å². The van der Waals surface area contributed by atoms with Crippen molar-refractivity contribution in [2.24, 2.45) is 0 Å². The summed E-state index contributed by atoms with van der Waals surface area (Å²) in [6, 6.07) is 8.77. The quantitative estimate of drug-likeness (QED) is 0.684. The Hall–Kier alpha value is -2.34. The molecule has 1 N–H and O–H groups in total. The Bertz CT molecular complexity index is 578. The maximum atomic E-state index is 12.2. The van der Waals surface area contributed by atoms with Gasteiger partial charge in [-0.25, -0.2) is 10.3 Å². The summed E-state index contributed by atoms with van der Waals surface area (Å²) in [7, 11) is 0. The normalized spacial score (nSPS) is 17.2. The Kier molecular flexibility index (Phi) is 5.39. The molecule has 124 valence electrons. The van der Waals surface area contributed by atoms with E-state index in [0.717, 1.165) is 5.56 Å². The summed E-state index contributed by atoms with van der Waals surface area (Å²) < 4.78 is 5.30. The van der Waals surface area contributed by atoms with Crippen molar-refractivity contribution in [3.8, 4) is 0 Å². The maximum Gasteiger partial charge on any atom is 0.411 e. The number of nitrogens with one attached hydrogen (secondary N) is 1. The fourth-order valence-corrected chi connectivity index (χ4v) is 2.08. The molecule has 2 amide bonds. The van der Waals surface area contributed by atoms with Crippen LogP contribution >= 0.6 is 0 Å². The number of carbonyl (C=O) groups excluding carboxylic acids is 2. The van der Waals surface area contributed by atoms with Gasteiger partial charge >= 0.3 is 6.09 Å². The smallest absolute Gasteiger partial charge is 0.411 e. The van der Waals surface area contributed by atoms with Gasteiger partial charge in [-0.1, -0.05) is 42.5 Å². The summed E-state index contributed by atoms with van der Waals surface area (Å²) in [5, 5.41) is 0. The van der Waals surface area contributed by atoms with Crippen LogP contribution in [0.4, 0.5) is 4.79 Å². The van der Waals surface area contributed by atoms with E-state index in [4.69, 9.17) is 9.57 Å². The van der Waals surface area contributed by atoms with E-state index in [1.165, 1.54) is 4.90 Å². The SMILES string of the molecule is CC(C)(C)OC(=O)N1CC=C[C@H]1C(=O)NOCc1ccccc1. The zero-order valence-corrected chi connectivity index (χ0v) is 13.6. The number of amides is 2. The van der Waals surface area contributed by atoms with Crippen LogP contribution in [-0.4, -0.2) is 35.1 Å². The lowest BCUT2D eigenvalue weighted by atomic mass is 10.2. The third-order valence-electron chi connectivity index (χ3n) is 3.11. The summed E-state index contributed by atoms with van der Waals surface area (Å²) in [6.07, 6.45) is 2.89. The van der Waals surface area contributed by atoms with E-state index >= 15 is 0 Å². The van der Waals surface area contributed by atoms with Crippen LogP contribution in [0.2, 0.25) is 0 Å². The maximum absolute atomic E-state index is 12.2. The zero-order valence-electron chi connectivity index (χ0n) is 13.6. The fourth-order valence-electron chi connectivity index (χ4n) is 2.08. The molecule has 23 heavy (non-hydrogen) atoms. The van der Waals surface area contributed by atoms with Gasteiger partial charge in [0.15, 0.2) is 0 Å². The molecule has 1 aromatic rings. The number of hydrogen-bond acceptors (Lipinski definition) is 4. The van der Waals surface area contributed by atoms with Crippen molar-refractivity contribution in [3.05, 3.63) is 48.0 Å². The van der Waals surface area contributed by atoms with Gasteiger partial charge in [0.1, 0.15) is 11.6 Å². The predicted octanol–water partition coefficient (Wildman–Crippen LogP) is 2.41. The molecule has 0 aromatic heterocycles. The summed E-state index contributed by atoms with van der Waals surface area (Å²) in [5.41, 5.74) is 2.72. The molecule has 0 radical (unpaired) electrons. The number of ether oxygens (including phenoxy) is 1. The van der Waals surface area contributed by atoms with Crippen LogP contribution in [0.25, 0.3) is 0 Å². The van der Waals surface area contributed by atoms with Crippen LogP contribution in [-0.2, 0) is 21.0 Å². The van der Waals surface area contributed by atoms with Gasteiger partial charge < -0.3 is 4.74 Å². The second kappa shape index (κ2) is 7.28. The standard InChI is InChI=1S/C17H22N2O4/c1-17(2,3)23-16(21)19-11-7-10-14(19)15(20)18-22-12-13-8-5-4-6-9-13/h4-10,14H,11-12H2,1-3H3,(H,18,20)/t14-/m0/s1. The highest BCUT2D eigenvalue weighted by Gasteiger charge is 2.33. The van der Waals surface area contributed by atoms with Gasteiger partial charge in [-0.2, -0.15) is 0 Å². The second-order valence-corrected chi connectivity index (χ2v) is 6.25. The fraction of sp³-hybridized carbons (Fsp3) is 0.412. The van der Waals surface area contributed by atoms with Crippen LogP contribution in [0.3, 0.4) is 0 Å². The van der Waals surface area contributed by atoms with Gasteiger partial charge in [-0.05, 0) is 26.3 Å². The number of nitrogens with zero attached hydrogens (tertiary/aromatic N) is 1. The number of hydroxylamine groups is 1. The molecule has 0 bridgehead atoms. The first-order valence-electron chi connectivity index (χ1n) is 7.49. The molecule has 0 unspecified atom stereocenters. The van der Waals surface area contributed by atoms with E-state index in [1.54, 1.807) is 32.9 Å². The Morgan fingerprint density at radius 3 is 2.61 bits per heavy atom. The largest absolute Gasteiger partial charge is 0.444 e. The van der Waals surface area contributed by atoms with E-state index in [0.29, 0.717) is 6.54 Å². The van der Waals surface area contributed by atoms with Crippen molar-refractivity contribution >= 4 is 12.0 Å². The highest BCUT2D eigenvalue weighted by molar-refractivity contribution is 5.87. The van der Waals surface area contributed by atoms with Crippen LogP contribution in [0.15, 0.2) is 42.5 Å². The minimum atomic E-state index is -0.722. The minimum Gasteiger partial charge on any atom is -0.444 e. The first kappa shape index (κ1) is 17.0. The molecule has 1 aliphatic heterocycles. The monoisotopic (exact) mass is 318 g/mol. The van der Waals surface area contributed by atoms with E-state index in [1.807, 2.05) is 30.3 Å². The molecule has 2 rings (SSSR count). The van der Waals surface area contributed by atoms with Crippen LogP contribution in [0, 0.1) is 0 Å². The van der Waals surface area contributed by atoms with Crippen molar-refractivity contribution in [2.45, 2.75) is 39.0 Å². The molecule has 1 atom stereocenters. The number of rotatable bonds is 4. The predicted molar refractivity (Wildman–Crippen MR) is 85.2 cm³/mol. The lowest BCUT2D eigenvalue weighted by Gasteiger charge is -2.27. The molecule has 0 saturated carbocycles. The van der Waals surface area contributed by atoms with Crippen molar-refractivity contribution in [1.29, 1.82) is 0 Å². The number of carbonyl (C=O) groups is 2. The molecular weight excluding hydrogens is 296 g/mol. The van der Waals surface area contributed by atoms with E-state index in [9.17, 15) is 9.59 Å². The highest BCUT2D eigenvalue weighted by Crippen LogP contribution is 2.16. The van der Waals surface area contributed by atoms with Crippen molar-refractivity contribution in [2.75, 3.05) is 6.54 Å². The van der Waals surface area contributed by atoms with Crippen molar-refractivity contribution < 1.29 is 19.2 Å². The molecule has 6 heteroatoms. The van der Waals surface area contributed by atoms with Gasteiger partial charge in [0.05, 0.1) is 6.61 Å². The first-order valence-corrected chi connectivity index (χ1v) is 7.49. The molecule has 1 aromatic carbocycles. The van der Waals surface area contributed by atoms with Crippen LogP contribution < -0.4 is 5.48 Å². The molecule has 0 saturated heterocycles. The Labute approximate surface area is 136 Å². The van der Waals surface area contributed by atoms with E-state index in [-0.39, 0.29) is 6.61 Å². The summed E-state index contributed by atoms with van der Waals surface area (Å²) >= 11 is 0. The van der Waals surface area contributed by atoms with Gasteiger partial charge in [-0.3, -0.25) is 14.5 Å². The molecule has 0 spiro atoms. The van der Waals surface area contributed by atoms with Gasteiger partial charge in [-0.15, -0.1) is 0 Å². The first-order chi connectivity index (χ1) is 10.9. The lowest BCUT2D eigenvalue weighted by Crippen LogP contribution is -2.47. The van der Waals surface area contributed by atoms with Crippen LogP contribution in [0.5, 0.6) is 0 Å². The van der Waals surface area contributed by atoms with Gasteiger partial charge in [0.2, 0.25) is 0 Å². The highest BCUT2D eigenvalue weighted by atomic mass is 16.7. The van der Waals surface area contributed by atoms with Crippen molar-refractivity contribution in [1.82, 2.24) is 10.4 Å². The Balaban J connectivity index is 1.85. The molecule has 0 aliphatic carbocycles. The molecule has 6 nitrogen and oxygen atoms in total. The molecule has 1 heterocycles. The molecular formula is C17H22N2O4. The molecule has 0 fully saturated rings. The minimum absolute atomic E-state index is 0.259. The third-order valence-corrected chi connectivity index (χ3v) is 3.11. The van der Waals surface area contributed by atoms with Gasteiger partial charge in [0, 0.05) is 6.54 Å². The van der Waals surface area contributed by atoms with Crippen LogP contribution in [0.1, 0.15) is 26.3 Å². The number of hydrogen-bond donors (Lipinski definition) is 1. The zero-order chi connectivity index (χ0) is 16.9. The Morgan fingerprint density at radius 2 is 1.96 bits per heavy atom. The average Bonchev–Trinajstić information content (AvgIpc) is 2.96. The summed E-state index contributed by atoms with van der Waals surface area (Å²) in [5.74, 6) is -0.402. The summed E-state index contributed by atoms with van der Waals surface area (Å²) in [4.78, 5) is 30.9. The second-order valence-electron chi connectivity index (χ2n) is 6.25. The van der Waals surface area contributed by atoms with E-state index in [2.05, 4.69) is 5.48 Å². The Morgan fingerprint density at radius 1 is 1.26 bits per heavy atom. The number of benzene rings is 1. The topological polar surface area (TPSA) is 67.9 Å². The summed E-state index contributed by atoms with van der Waals surface area (Å²) in [6.45, 7) is 5.95.